The van der Waals surface area contributed by atoms with Crippen LogP contribution in [0.2, 0.25) is 0 Å². The normalized spacial score (nSPS) is 13.5. The Balaban J connectivity index is 2.81. The number of amides is 1. The number of nitrogens with one attached hydrogen (secondary N) is 1. The third kappa shape index (κ3) is 6.03. The minimum absolute atomic E-state index is 0.0907. The van der Waals surface area contributed by atoms with Crippen LogP contribution in [0, 0.1) is 0 Å². The van der Waals surface area contributed by atoms with Gasteiger partial charge in [-0.2, -0.15) is 13.2 Å². The molecule has 1 aromatic rings. The molecule has 0 fully saturated rings. The standard InChI is InChI=1S/C16H18F3NO6/c1-25-12(21)8-7-11(15(24)26-2)20-14(23)13(22)9-3-5-10(6-4-9)16(17,18)19/h3-6,11,13,22H,7-8H2,1-2H3,(H,20,23)/t11-,13+/m0/s1. The maximum atomic E-state index is 12.5. The van der Waals surface area contributed by atoms with Crippen LogP contribution in [0.5, 0.6) is 0 Å². The van der Waals surface area contributed by atoms with E-state index in [1.807, 2.05) is 0 Å². The van der Waals surface area contributed by atoms with Gasteiger partial charge < -0.3 is 19.9 Å². The van der Waals surface area contributed by atoms with Crippen LogP contribution in [0.3, 0.4) is 0 Å². The maximum Gasteiger partial charge on any atom is 0.416 e. The second-order valence-corrected chi connectivity index (χ2v) is 5.22. The van der Waals surface area contributed by atoms with E-state index in [2.05, 4.69) is 14.8 Å². The average Bonchev–Trinajstić information content (AvgIpc) is 2.62. The van der Waals surface area contributed by atoms with E-state index in [-0.39, 0.29) is 18.4 Å². The summed E-state index contributed by atoms with van der Waals surface area (Å²) in [6, 6.07) is 2.13. The lowest BCUT2D eigenvalue weighted by atomic mass is 10.1. The van der Waals surface area contributed by atoms with E-state index < -0.39 is 41.7 Å². The van der Waals surface area contributed by atoms with Crippen LogP contribution in [-0.4, -0.2) is 43.2 Å². The number of carbonyl (C=O) groups is 3. The molecule has 7 nitrogen and oxygen atoms in total. The van der Waals surface area contributed by atoms with Crippen LogP contribution in [0.1, 0.15) is 30.1 Å². The monoisotopic (exact) mass is 377 g/mol. The first-order valence-corrected chi connectivity index (χ1v) is 7.40. The summed E-state index contributed by atoms with van der Waals surface area (Å²) >= 11 is 0. The van der Waals surface area contributed by atoms with Gasteiger partial charge in [0.1, 0.15) is 6.04 Å². The van der Waals surface area contributed by atoms with Gasteiger partial charge in [-0.15, -0.1) is 0 Å². The highest BCUT2D eigenvalue weighted by Crippen LogP contribution is 2.30. The fraction of sp³-hybridized carbons (Fsp3) is 0.438. The van der Waals surface area contributed by atoms with Crippen molar-refractivity contribution in [2.75, 3.05) is 14.2 Å². The van der Waals surface area contributed by atoms with Crippen molar-refractivity contribution in [2.24, 2.45) is 0 Å². The van der Waals surface area contributed by atoms with Gasteiger partial charge in [0.15, 0.2) is 6.10 Å². The van der Waals surface area contributed by atoms with Crippen LogP contribution < -0.4 is 5.32 Å². The summed E-state index contributed by atoms with van der Waals surface area (Å²) in [5, 5.41) is 12.2. The molecule has 2 atom stereocenters. The summed E-state index contributed by atoms with van der Waals surface area (Å²) in [4.78, 5) is 34.9. The van der Waals surface area contributed by atoms with Crippen molar-refractivity contribution < 1.29 is 42.1 Å². The number of carbonyl (C=O) groups excluding carboxylic acids is 3. The van der Waals surface area contributed by atoms with Gasteiger partial charge in [-0.05, 0) is 24.1 Å². The van der Waals surface area contributed by atoms with Gasteiger partial charge in [-0.3, -0.25) is 9.59 Å². The molecule has 0 aliphatic heterocycles. The second kappa shape index (κ2) is 9.18. The molecule has 144 valence electrons. The second-order valence-electron chi connectivity index (χ2n) is 5.22. The Bertz CT molecular complexity index is 644. The molecule has 0 aromatic heterocycles. The molecule has 0 bridgehead atoms. The smallest absolute Gasteiger partial charge is 0.416 e. The largest absolute Gasteiger partial charge is 0.469 e. The third-order valence-electron chi connectivity index (χ3n) is 3.47. The highest BCUT2D eigenvalue weighted by atomic mass is 19.4. The molecule has 0 unspecified atom stereocenters. The molecule has 0 radical (unpaired) electrons. The molecule has 1 rings (SSSR count). The highest BCUT2D eigenvalue weighted by Gasteiger charge is 2.31. The molecule has 0 spiro atoms. The molecule has 0 saturated heterocycles. The number of aliphatic hydroxyl groups excluding tert-OH is 1. The Hall–Kier alpha value is -2.62. The summed E-state index contributed by atoms with van der Waals surface area (Å²) in [5.74, 6) is -2.48. The Kier molecular flexibility index (Phi) is 7.56. The van der Waals surface area contributed by atoms with E-state index in [4.69, 9.17) is 0 Å². The number of hydrogen-bond donors (Lipinski definition) is 2. The van der Waals surface area contributed by atoms with Gasteiger partial charge >= 0.3 is 18.1 Å². The molecule has 26 heavy (non-hydrogen) atoms. The molecule has 0 saturated carbocycles. The number of hydrogen-bond acceptors (Lipinski definition) is 6. The fourth-order valence-corrected chi connectivity index (χ4v) is 2.01. The molecule has 0 aliphatic rings. The molecule has 1 aromatic carbocycles. The van der Waals surface area contributed by atoms with Crippen LogP contribution in [0.15, 0.2) is 24.3 Å². The number of rotatable bonds is 7. The number of benzene rings is 1. The number of aliphatic hydroxyl groups is 1. The number of ether oxygens (including phenoxy) is 2. The SMILES string of the molecule is COC(=O)CC[C@H](NC(=O)[C@H](O)c1ccc(C(F)(F)F)cc1)C(=O)OC. The van der Waals surface area contributed by atoms with E-state index in [0.29, 0.717) is 0 Å². The summed E-state index contributed by atoms with van der Waals surface area (Å²) in [7, 11) is 2.23. The lowest BCUT2D eigenvalue weighted by Gasteiger charge is -2.19. The lowest BCUT2D eigenvalue weighted by Crippen LogP contribution is -2.44. The Morgan fingerprint density at radius 1 is 1.12 bits per heavy atom. The number of alkyl halides is 3. The maximum absolute atomic E-state index is 12.5. The summed E-state index contributed by atoms with van der Waals surface area (Å²) < 4.78 is 46.5. The fourth-order valence-electron chi connectivity index (χ4n) is 2.01. The number of esters is 2. The van der Waals surface area contributed by atoms with Gasteiger partial charge in [0.05, 0.1) is 19.8 Å². The van der Waals surface area contributed by atoms with E-state index in [1.54, 1.807) is 0 Å². The van der Waals surface area contributed by atoms with E-state index in [9.17, 15) is 32.7 Å². The first kappa shape index (κ1) is 21.4. The molecule has 0 aliphatic carbocycles. The van der Waals surface area contributed by atoms with Crippen LogP contribution in [0.25, 0.3) is 0 Å². The van der Waals surface area contributed by atoms with Gasteiger partial charge in [0.2, 0.25) is 0 Å². The lowest BCUT2D eigenvalue weighted by molar-refractivity contribution is -0.147. The zero-order chi connectivity index (χ0) is 19.9. The van der Waals surface area contributed by atoms with E-state index in [1.165, 1.54) is 0 Å². The predicted molar refractivity (Wildman–Crippen MR) is 81.6 cm³/mol. The summed E-state index contributed by atoms with van der Waals surface area (Å²) in [5.41, 5.74) is -1.02. The quantitative estimate of drug-likeness (QED) is 0.696. The zero-order valence-electron chi connectivity index (χ0n) is 14.0. The Morgan fingerprint density at radius 2 is 1.69 bits per heavy atom. The predicted octanol–water partition coefficient (Wildman–Crippen LogP) is 1.35. The van der Waals surface area contributed by atoms with Crippen molar-refractivity contribution in [3.8, 4) is 0 Å². The number of methoxy groups -OCH3 is 2. The van der Waals surface area contributed by atoms with Crippen LogP contribution in [-0.2, 0) is 30.0 Å². The summed E-state index contributed by atoms with van der Waals surface area (Å²) in [6.45, 7) is 0. The molecule has 0 heterocycles. The van der Waals surface area contributed by atoms with Crippen LogP contribution in [0.4, 0.5) is 13.2 Å². The minimum atomic E-state index is -4.55. The van der Waals surface area contributed by atoms with Gasteiger partial charge in [-0.1, -0.05) is 12.1 Å². The van der Waals surface area contributed by atoms with Crippen molar-refractivity contribution >= 4 is 17.8 Å². The molecular weight excluding hydrogens is 359 g/mol. The molecule has 2 N–H and O–H groups in total. The first-order chi connectivity index (χ1) is 12.1. The molecule has 1 amide bonds. The van der Waals surface area contributed by atoms with Crippen molar-refractivity contribution in [1.82, 2.24) is 5.32 Å². The zero-order valence-corrected chi connectivity index (χ0v) is 14.0. The van der Waals surface area contributed by atoms with Crippen LogP contribution >= 0.6 is 0 Å². The van der Waals surface area contributed by atoms with Crippen molar-refractivity contribution in [3.05, 3.63) is 35.4 Å². The minimum Gasteiger partial charge on any atom is -0.469 e. The Labute approximate surface area is 147 Å². The third-order valence-corrected chi connectivity index (χ3v) is 3.47. The first-order valence-electron chi connectivity index (χ1n) is 7.40. The van der Waals surface area contributed by atoms with Crippen molar-refractivity contribution in [3.63, 3.8) is 0 Å². The van der Waals surface area contributed by atoms with Gasteiger partial charge in [0.25, 0.3) is 5.91 Å². The number of halogens is 3. The average molecular weight is 377 g/mol. The van der Waals surface area contributed by atoms with Crippen molar-refractivity contribution in [1.29, 1.82) is 0 Å². The van der Waals surface area contributed by atoms with E-state index in [0.717, 1.165) is 38.5 Å². The summed E-state index contributed by atoms with van der Waals surface area (Å²) in [6.07, 6.45) is -6.67. The van der Waals surface area contributed by atoms with E-state index >= 15 is 0 Å². The van der Waals surface area contributed by atoms with Crippen molar-refractivity contribution in [2.45, 2.75) is 31.2 Å². The van der Waals surface area contributed by atoms with Gasteiger partial charge in [0, 0.05) is 6.42 Å². The molecule has 10 heteroatoms. The highest BCUT2D eigenvalue weighted by molar-refractivity contribution is 5.87. The van der Waals surface area contributed by atoms with Gasteiger partial charge in [-0.25, -0.2) is 4.79 Å². The molecular formula is C16H18F3NO6. The topological polar surface area (TPSA) is 102 Å². The Morgan fingerprint density at radius 3 is 2.15 bits per heavy atom.